The van der Waals surface area contributed by atoms with Gasteiger partial charge in [-0.25, -0.2) is 0 Å². The van der Waals surface area contributed by atoms with Crippen molar-refractivity contribution in [2.75, 3.05) is 0 Å². The molecule has 0 heterocycles. The molecule has 0 saturated carbocycles. The van der Waals surface area contributed by atoms with Crippen molar-refractivity contribution < 1.29 is 0 Å². The van der Waals surface area contributed by atoms with Crippen LogP contribution in [0, 0.1) is 0 Å². The maximum Gasteiger partial charge on any atom is -0.0564 e. The SMILES string of the molecule is Br.Br.Br.Br.Br.Br.CCCC. The van der Waals surface area contributed by atoms with E-state index in [4.69, 9.17) is 0 Å². The van der Waals surface area contributed by atoms with Crippen LogP contribution in [0.5, 0.6) is 0 Å². The molecule has 0 radical (unpaired) electrons. The predicted octanol–water partition coefficient (Wildman–Crippen LogP) is 5.27. The van der Waals surface area contributed by atoms with Crippen molar-refractivity contribution >= 4 is 102 Å². The van der Waals surface area contributed by atoms with Gasteiger partial charge in [-0.15, -0.1) is 102 Å². The van der Waals surface area contributed by atoms with Crippen molar-refractivity contribution in [1.29, 1.82) is 0 Å². The van der Waals surface area contributed by atoms with E-state index in [1.54, 1.807) is 0 Å². The predicted molar refractivity (Wildman–Crippen MR) is 82.5 cm³/mol. The fourth-order valence-electron chi connectivity index (χ4n) is 0. The zero-order valence-electron chi connectivity index (χ0n) is 5.86. The molecular formula is C4H16Br6. The second kappa shape index (κ2) is 59.1. The van der Waals surface area contributed by atoms with E-state index in [1.807, 2.05) is 0 Å². The monoisotopic (exact) mass is 538 g/mol. The van der Waals surface area contributed by atoms with Crippen molar-refractivity contribution in [2.24, 2.45) is 0 Å². The van der Waals surface area contributed by atoms with E-state index in [9.17, 15) is 0 Å². The zero-order chi connectivity index (χ0) is 3.41. The largest absolute Gasteiger partial charge is 0.114 e. The lowest BCUT2D eigenvalue weighted by Crippen LogP contribution is -1.47. The summed E-state index contributed by atoms with van der Waals surface area (Å²) in [6.07, 6.45) is 2.64. The van der Waals surface area contributed by atoms with Crippen LogP contribution in [0.25, 0.3) is 0 Å². The molecule has 0 unspecified atom stereocenters. The van der Waals surface area contributed by atoms with Crippen LogP contribution < -0.4 is 0 Å². The Bertz CT molecular complexity index is 11.7. The summed E-state index contributed by atoms with van der Waals surface area (Å²) in [7, 11) is 0. The van der Waals surface area contributed by atoms with E-state index in [0.29, 0.717) is 0 Å². The van der Waals surface area contributed by atoms with Gasteiger partial charge in [-0.05, 0) is 0 Å². The molecule has 0 aromatic carbocycles. The van der Waals surface area contributed by atoms with E-state index < -0.39 is 0 Å². The summed E-state index contributed by atoms with van der Waals surface area (Å²) in [5, 5.41) is 0. The number of hydrogen-bond acceptors (Lipinski definition) is 0. The normalized spacial score (nSPS) is 3.00. The fraction of sp³-hybridized carbons (Fsp3) is 1.00. The minimum atomic E-state index is 0. The highest BCUT2D eigenvalue weighted by Crippen LogP contribution is 1.76. The van der Waals surface area contributed by atoms with Crippen molar-refractivity contribution in [3.8, 4) is 0 Å². The Morgan fingerprint density at radius 1 is 0.500 bits per heavy atom. The lowest BCUT2D eigenvalue weighted by molar-refractivity contribution is 0.886. The molecule has 0 aromatic heterocycles. The lowest BCUT2D eigenvalue weighted by Gasteiger charge is -1.68. The first-order chi connectivity index (χ1) is 1.91. The average molecular weight is 544 g/mol. The van der Waals surface area contributed by atoms with Crippen LogP contribution in [-0.4, -0.2) is 0 Å². The van der Waals surface area contributed by atoms with E-state index in [0.717, 1.165) is 0 Å². The van der Waals surface area contributed by atoms with Gasteiger partial charge in [0.15, 0.2) is 0 Å². The highest BCUT2D eigenvalue weighted by atomic mass is 79.9. The smallest absolute Gasteiger partial charge is 0.0564 e. The van der Waals surface area contributed by atoms with Gasteiger partial charge in [0.2, 0.25) is 0 Å². The number of hydrogen-bond donors (Lipinski definition) is 0. The van der Waals surface area contributed by atoms with Gasteiger partial charge in [-0.2, -0.15) is 0 Å². The number of halogens is 6. The van der Waals surface area contributed by atoms with Gasteiger partial charge < -0.3 is 0 Å². The van der Waals surface area contributed by atoms with Crippen LogP contribution in [0.3, 0.4) is 0 Å². The standard InChI is InChI=1S/C4H10.6BrH/c1-3-4-2;;;;;;/h3-4H2,1-2H3;6*1H. The maximum atomic E-state index is 2.18. The van der Waals surface area contributed by atoms with Gasteiger partial charge in [-0.1, -0.05) is 26.7 Å². The Morgan fingerprint density at radius 3 is 0.600 bits per heavy atom. The molecule has 0 aliphatic carbocycles. The van der Waals surface area contributed by atoms with Gasteiger partial charge in [0.1, 0.15) is 0 Å². The Labute approximate surface area is 127 Å². The molecule has 0 N–H and O–H groups in total. The van der Waals surface area contributed by atoms with Crippen molar-refractivity contribution in [1.82, 2.24) is 0 Å². The Morgan fingerprint density at radius 2 is 0.600 bits per heavy atom. The molecule has 0 nitrogen and oxygen atoms in total. The molecule has 0 spiro atoms. The Kier molecular flexibility index (Phi) is 310. The summed E-state index contributed by atoms with van der Waals surface area (Å²) in [4.78, 5) is 0. The lowest BCUT2D eigenvalue weighted by atomic mass is 10.4. The van der Waals surface area contributed by atoms with E-state index in [-0.39, 0.29) is 102 Å². The van der Waals surface area contributed by atoms with Crippen LogP contribution in [0.4, 0.5) is 0 Å². The summed E-state index contributed by atoms with van der Waals surface area (Å²) in [5.74, 6) is 0. The van der Waals surface area contributed by atoms with Crippen molar-refractivity contribution in [3.05, 3.63) is 0 Å². The summed E-state index contributed by atoms with van der Waals surface area (Å²) in [6.45, 7) is 4.36. The molecule has 0 fully saturated rings. The molecule has 0 aliphatic rings. The maximum absolute atomic E-state index is 2.18. The van der Waals surface area contributed by atoms with Crippen LogP contribution in [0.1, 0.15) is 26.7 Å². The van der Waals surface area contributed by atoms with Gasteiger partial charge in [0.25, 0.3) is 0 Å². The van der Waals surface area contributed by atoms with Crippen molar-refractivity contribution in [2.45, 2.75) is 26.7 Å². The number of rotatable bonds is 1. The Hall–Kier alpha value is 2.88. The van der Waals surface area contributed by atoms with Gasteiger partial charge in [-0.3, -0.25) is 0 Å². The van der Waals surface area contributed by atoms with Gasteiger partial charge >= 0.3 is 0 Å². The molecule has 6 heteroatoms. The molecule has 10 heavy (non-hydrogen) atoms. The summed E-state index contributed by atoms with van der Waals surface area (Å²) >= 11 is 0. The van der Waals surface area contributed by atoms with Crippen LogP contribution in [0.15, 0.2) is 0 Å². The molecule has 0 aromatic rings. The number of unbranched alkanes of at least 4 members (excludes halogenated alkanes) is 1. The summed E-state index contributed by atoms with van der Waals surface area (Å²) < 4.78 is 0. The highest BCUT2D eigenvalue weighted by Gasteiger charge is 1.56. The summed E-state index contributed by atoms with van der Waals surface area (Å²) in [5.41, 5.74) is 0. The third-order valence-electron chi connectivity index (χ3n) is 0.500. The molecule has 0 atom stereocenters. The van der Waals surface area contributed by atoms with Crippen molar-refractivity contribution in [3.63, 3.8) is 0 Å². The first-order valence-electron chi connectivity index (χ1n) is 1.91. The first-order valence-corrected chi connectivity index (χ1v) is 1.91. The van der Waals surface area contributed by atoms with Gasteiger partial charge in [0, 0.05) is 0 Å². The third-order valence-corrected chi connectivity index (χ3v) is 0.500. The fourth-order valence-corrected chi connectivity index (χ4v) is 0. The molecule has 0 amide bonds. The molecular weight excluding hydrogens is 527 g/mol. The van der Waals surface area contributed by atoms with E-state index >= 15 is 0 Å². The van der Waals surface area contributed by atoms with E-state index in [2.05, 4.69) is 13.8 Å². The zero-order valence-corrected chi connectivity index (χ0v) is 16.1. The minimum Gasteiger partial charge on any atom is -0.114 e. The van der Waals surface area contributed by atoms with Crippen LogP contribution in [0.2, 0.25) is 0 Å². The molecule has 0 bridgehead atoms. The van der Waals surface area contributed by atoms with Crippen LogP contribution >= 0.6 is 102 Å². The second-order valence-corrected chi connectivity index (χ2v) is 1.000. The second-order valence-electron chi connectivity index (χ2n) is 1.000. The van der Waals surface area contributed by atoms with E-state index in [1.165, 1.54) is 12.8 Å². The minimum absolute atomic E-state index is 0. The Balaban J connectivity index is -0.00000000300. The molecule has 0 aliphatic heterocycles. The molecule has 0 rings (SSSR count). The quantitative estimate of drug-likeness (QED) is 0.423. The highest BCUT2D eigenvalue weighted by molar-refractivity contribution is 8.93. The topological polar surface area (TPSA) is 0 Å². The first kappa shape index (κ1) is 52.6. The molecule has 74 valence electrons. The summed E-state index contributed by atoms with van der Waals surface area (Å²) in [6, 6.07) is 0. The average Bonchev–Trinajstić information content (AvgIpc) is 1.37. The van der Waals surface area contributed by atoms with Crippen LogP contribution in [-0.2, 0) is 0 Å². The van der Waals surface area contributed by atoms with Gasteiger partial charge in [0.05, 0.1) is 0 Å². The molecule has 0 saturated heterocycles. The third kappa shape index (κ3) is 70.5.